The maximum Gasteiger partial charge on any atom is 0.408 e. The summed E-state index contributed by atoms with van der Waals surface area (Å²) in [6.45, 7) is -1.14. The van der Waals surface area contributed by atoms with Crippen LogP contribution in [0.2, 0.25) is 0 Å². The molecule has 0 aliphatic heterocycles. The van der Waals surface area contributed by atoms with Gasteiger partial charge in [-0.3, -0.25) is 9.48 Å². The summed E-state index contributed by atoms with van der Waals surface area (Å²) in [5, 5.41) is 6.87. The number of methoxy groups -OCH3 is 1. The number of fused-ring (bicyclic) bond motifs is 1. The van der Waals surface area contributed by atoms with Crippen LogP contribution in [-0.2, 0) is 13.0 Å². The zero-order chi connectivity index (χ0) is 18.0. The smallest absolute Gasteiger partial charge is 0.408 e. The van der Waals surface area contributed by atoms with Crippen LogP contribution in [0.4, 0.5) is 13.2 Å². The molecule has 1 amide bonds. The summed E-state index contributed by atoms with van der Waals surface area (Å²) in [5.74, 6) is -0.202. The van der Waals surface area contributed by atoms with Crippen LogP contribution in [-0.4, -0.2) is 34.0 Å². The fourth-order valence-electron chi connectivity index (χ4n) is 2.96. The first kappa shape index (κ1) is 17.2. The summed E-state index contributed by atoms with van der Waals surface area (Å²) in [5.41, 5.74) is 1.50. The number of carbonyl (C=O) groups excluding carboxylic acids is 1. The topological polar surface area (TPSA) is 69.0 Å². The van der Waals surface area contributed by atoms with Crippen molar-refractivity contribution in [3.05, 3.63) is 41.3 Å². The van der Waals surface area contributed by atoms with Crippen molar-refractivity contribution in [2.24, 2.45) is 0 Å². The number of ether oxygens (including phenoxy) is 1. The normalized spacial score (nSPS) is 17.0. The van der Waals surface area contributed by atoms with Crippen LogP contribution in [0.5, 0.6) is 5.88 Å². The second kappa shape index (κ2) is 6.73. The van der Waals surface area contributed by atoms with Crippen molar-refractivity contribution in [2.75, 3.05) is 7.11 Å². The minimum absolute atomic E-state index is 0.193. The van der Waals surface area contributed by atoms with Crippen LogP contribution in [0.25, 0.3) is 0 Å². The van der Waals surface area contributed by atoms with Gasteiger partial charge in [0.2, 0.25) is 5.88 Å². The van der Waals surface area contributed by atoms with Crippen molar-refractivity contribution < 1.29 is 22.7 Å². The zero-order valence-electron chi connectivity index (χ0n) is 13.5. The highest BCUT2D eigenvalue weighted by Crippen LogP contribution is 2.30. The van der Waals surface area contributed by atoms with Gasteiger partial charge < -0.3 is 10.1 Å². The van der Waals surface area contributed by atoms with E-state index in [0.717, 1.165) is 16.7 Å². The Bertz CT molecular complexity index is 773. The van der Waals surface area contributed by atoms with Crippen LogP contribution in [0.1, 0.15) is 40.5 Å². The van der Waals surface area contributed by atoms with E-state index in [1.807, 2.05) is 0 Å². The van der Waals surface area contributed by atoms with Crippen molar-refractivity contribution in [3.8, 4) is 5.88 Å². The molecule has 2 aromatic rings. The molecule has 1 aliphatic carbocycles. The Labute approximate surface area is 142 Å². The van der Waals surface area contributed by atoms with Gasteiger partial charge in [-0.15, -0.1) is 0 Å². The van der Waals surface area contributed by atoms with Crippen LogP contribution in [0.3, 0.4) is 0 Å². The molecule has 0 radical (unpaired) electrons. The molecule has 1 unspecified atom stereocenters. The van der Waals surface area contributed by atoms with Crippen LogP contribution >= 0.6 is 0 Å². The SMILES string of the molecule is COc1ncccc1C(=O)NC1CCCc2cn(CC(F)(F)F)nc21. The second-order valence-electron chi connectivity index (χ2n) is 5.83. The molecule has 3 rings (SSSR count). The van der Waals surface area contributed by atoms with Crippen LogP contribution < -0.4 is 10.1 Å². The highest BCUT2D eigenvalue weighted by atomic mass is 19.4. The molecule has 25 heavy (non-hydrogen) atoms. The quantitative estimate of drug-likeness (QED) is 0.917. The van der Waals surface area contributed by atoms with Crippen molar-refractivity contribution >= 4 is 5.91 Å². The molecule has 134 valence electrons. The van der Waals surface area contributed by atoms with Crippen LogP contribution in [0, 0.1) is 0 Å². The Kier molecular flexibility index (Phi) is 4.65. The summed E-state index contributed by atoms with van der Waals surface area (Å²) in [4.78, 5) is 16.5. The number of nitrogens with zero attached hydrogens (tertiary/aromatic N) is 3. The number of aromatic nitrogens is 3. The predicted molar refractivity (Wildman–Crippen MR) is 82.2 cm³/mol. The molecule has 0 saturated heterocycles. The maximum atomic E-state index is 12.6. The molecule has 0 spiro atoms. The van der Waals surface area contributed by atoms with E-state index < -0.39 is 24.7 Å². The first-order valence-electron chi connectivity index (χ1n) is 7.80. The number of amides is 1. The summed E-state index contributed by atoms with van der Waals surface area (Å²) < 4.78 is 43.7. The third kappa shape index (κ3) is 3.92. The minimum atomic E-state index is -4.34. The molecule has 1 N–H and O–H groups in total. The van der Waals surface area contributed by atoms with Gasteiger partial charge in [0.25, 0.3) is 5.91 Å². The predicted octanol–water partition coefficient (Wildman–Crippen LogP) is 2.66. The molecule has 0 aromatic carbocycles. The van der Waals surface area contributed by atoms with Gasteiger partial charge in [-0.25, -0.2) is 4.98 Å². The Morgan fingerprint density at radius 2 is 2.28 bits per heavy atom. The van der Waals surface area contributed by atoms with Gasteiger partial charge in [0.05, 0.1) is 18.8 Å². The van der Waals surface area contributed by atoms with Gasteiger partial charge in [-0.2, -0.15) is 18.3 Å². The number of halogens is 3. The largest absolute Gasteiger partial charge is 0.480 e. The number of carbonyl (C=O) groups is 1. The van der Waals surface area contributed by atoms with E-state index in [4.69, 9.17) is 4.74 Å². The van der Waals surface area contributed by atoms with Gasteiger partial charge in [-0.05, 0) is 37.0 Å². The first-order valence-corrected chi connectivity index (χ1v) is 7.80. The molecule has 2 heterocycles. The van der Waals surface area contributed by atoms with Crippen molar-refractivity contribution in [1.82, 2.24) is 20.1 Å². The average molecular weight is 354 g/mol. The Hall–Kier alpha value is -2.58. The lowest BCUT2D eigenvalue weighted by Gasteiger charge is -2.22. The molecule has 0 fully saturated rings. The fourth-order valence-corrected chi connectivity index (χ4v) is 2.96. The number of nitrogens with one attached hydrogen (secondary N) is 1. The van der Waals surface area contributed by atoms with Crippen molar-refractivity contribution in [1.29, 1.82) is 0 Å². The third-order valence-electron chi connectivity index (χ3n) is 3.99. The molecule has 1 atom stereocenters. The van der Waals surface area contributed by atoms with E-state index in [1.165, 1.54) is 19.5 Å². The van der Waals surface area contributed by atoms with Gasteiger partial charge >= 0.3 is 6.18 Å². The standard InChI is InChI=1S/C16H17F3N4O2/c1-25-15-11(5-3-7-20-15)14(24)21-12-6-2-4-10-8-23(22-13(10)12)9-16(17,18)19/h3,5,7-8,12H,2,4,6,9H2,1H3,(H,21,24). The Morgan fingerprint density at radius 1 is 1.48 bits per heavy atom. The number of alkyl halides is 3. The number of hydrogen-bond acceptors (Lipinski definition) is 4. The molecule has 0 bridgehead atoms. The number of aryl methyl sites for hydroxylation is 1. The van der Waals surface area contributed by atoms with Gasteiger partial charge in [0.1, 0.15) is 12.1 Å². The highest BCUT2D eigenvalue weighted by Gasteiger charge is 2.31. The average Bonchev–Trinajstić information content (AvgIpc) is 2.96. The summed E-state index contributed by atoms with van der Waals surface area (Å²) in [6, 6.07) is 2.75. The third-order valence-corrected chi connectivity index (χ3v) is 3.99. The maximum absolute atomic E-state index is 12.6. The first-order chi connectivity index (χ1) is 11.9. The van der Waals surface area contributed by atoms with Gasteiger partial charge in [-0.1, -0.05) is 0 Å². The lowest BCUT2D eigenvalue weighted by molar-refractivity contribution is -0.142. The zero-order valence-corrected chi connectivity index (χ0v) is 13.5. The highest BCUT2D eigenvalue weighted by molar-refractivity contribution is 5.96. The molecule has 9 heteroatoms. The lowest BCUT2D eigenvalue weighted by atomic mass is 9.93. The molecular weight excluding hydrogens is 337 g/mol. The number of rotatable bonds is 4. The van der Waals surface area contributed by atoms with E-state index in [0.29, 0.717) is 18.5 Å². The lowest BCUT2D eigenvalue weighted by Crippen LogP contribution is -2.31. The second-order valence-corrected chi connectivity index (χ2v) is 5.83. The molecule has 0 saturated carbocycles. The van der Waals surface area contributed by atoms with E-state index in [-0.39, 0.29) is 11.4 Å². The van der Waals surface area contributed by atoms with E-state index in [2.05, 4.69) is 15.4 Å². The summed E-state index contributed by atoms with van der Waals surface area (Å²) in [6.07, 6.45) is 0.606. The van der Waals surface area contributed by atoms with Crippen molar-refractivity contribution in [3.63, 3.8) is 0 Å². The Balaban J connectivity index is 1.80. The molecule has 6 nitrogen and oxygen atoms in total. The number of hydrogen-bond donors (Lipinski definition) is 1. The number of pyridine rings is 1. The summed E-state index contributed by atoms with van der Waals surface area (Å²) >= 11 is 0. The monoisotopic (exact) mass is 354 g/mol. The van der Waals surface area contributed by atoms with Gasteiger partial charge in [0.15, 0.2) is 0 Å². The molecular formula is C16H17F3N4O2. The van der Waals surface area contributed by atoms with E-state index in [1.54, 1.807) is 12.1 Å². The minimum Gasteiger partial charge on any atom is -0.480 e. The molecule has 2 aromatic heterocycles. The van der Waals surface area contributed by atoms with E-state index >= 15 is 0 Å². The van der Waals surface area contributed by atoms with Crippen LogP contribution in [0.15, 0.2) is 24.5 Å². The molecule has 1 aliphatic rings. The summed E-state index contributed by atoms with van der Waals surface area (Å²) in [7, 11) is 1.41. The van der Waals surface area contributed by atoms with E-state index in [9.17, 15) is 18.0 Å². The fraction of sp³-hybridized carbons (Fsp3) is 0.438. The Morgan fingerprint density at radius 3 is 3.00 bits per heavy atom. The van der Waals surface area contributed by atoms with Gasteiger partial charge in [0, 0.05) is 12.4 Å². The van der Waals surface area contributed by atoms with Crippen molar-refractivity contribution in [2.45, 2.75) is 38.0 Å².